The fraction of sp³-hybridized carbons (Fsp3) is 0.455. The monoisotopic (exact) mass is 272 g/mol. The average Bonchev–Trinajstić information content (AvgIpc) is 2.13. The standard InChI is InChI=1S/C11H10F6O/c1-6(18)2-7-3-8(10(12,13)14)5-9(4-7)11(15,16)17/h3-6,18H,2H2,1H3/t6-/m0/s1. The normalized spacial score (nSPS) is 14.7. The van der Waals surface area contributed by atoms with Crippen LogP contribution in [0.3, 0.4) is 0 Å². The van der Waals surface area contributed by atoms with Gasteiger partial charge in [-0.15, -0.1) is 0 Å². The third-order valence-corrected chi connectivity index (χ3v) is 2.18. The molecule has 18 heavy (non-hydrogen) atoms. The minimum atomic E-state index is -4.85. The van der Waals surface area contributed by atoms with Gasteiger partial charge in [-0.25, -0.2) is 0 Å². The molecule has 0 aromatic heterocycles. The van der Waals surface area contributed by atoms with Crippen LogP contribution in [0.15, 0.2) is 18.2 Å². The molecule has 0 bridgehead atoms. The number of aliphatic hydroxyl groups excluding tert-OH is 1. The number of hydrogen-bond donors (Lipinski definition) is 1. The zero-order chi connectivity index (χ0) is 14.1. The van der Waals surface area contributed by atoms with Gasteiger partial charge in [0.05, 0.1) is 17.2 Å². The Hall–Kier alpha value is -1.24. The molecule has 1 aromatic carbocycles. The van der Waals surface area contributed by atoms with Gasteiger partial charge in [-0.1, -0.05) is 0 Å². The van der Waals surface area contributed by atoms with Crippen molar-refractivity contribution in [1.29, 1.82) is 0 Å². The average molecular weight is 272 g/mol. The molecule has 0 aliphatic carbocycles. The summed E-state index contributed by atoms with van der Waals surface area (Å²) in [5.74, 6) is 0. The molecular weight excluding hydrogens is 262 g/mol. The summed E-state index contributed by atoms with van der Waals surface area (Å²) >= 11 is 0. The van der Waals surface area contributed by atoms with Crippen LogP contribution in [0, 0.1) is 0 Å². The van der Waals surface area contributed by atoms with E-state index < -0.39 is 29.6 Å². The molecule has 0 unspecified atom stereocenters. The van der Waals surface area contributed by atoms with E-state index in [2.05, 4.69) is 0 Å². The number of halogens is 6. The van der Waals surface area contributed by atoms with E-state index in [4.69, 9.17) is 5.11 Å². The van der Waals surface area contributed by atoms with E-state index in [-0.39, 0.29) is 18.1 Å². The third kappa shape index (κ3) is 3.90. The van der Waals surface area contributed by atoms with Crippen LogP contribution in [0.25, 0.3) is 0 Å². The van der Waals surface area contributed by atoms with E-state index in [9.17, 15) is 26.3 Å². The van der Waals surface area contributed by atoms with Crippen molar-refractivity contribution in [3.05, 3.63) is 34.9 Å². The molecular formula is C11H10F6O. The van der Waals surface area contributed by atoms with Crippen LogP contribution < -0.4 is 0 Å². The lowest BCUT2D eigenvalue weighted by atomic mass is 10.0. The maximum Gasteiger partial charge on any atom is 0.416 e. The second-order valence-corrected chi connectivity index (χ2v) is 3.97. The van der Waals surface area contributed by atoms with Crippen molar-refractivity contribution < 1.29 is 31.4 Å². The van der Waals surface area contributed by atoms with Gasteiger partial charge in [0.25, 0.3) is 0 Å². The first-order chi connectivity index (χ1) is 8.00. The van der Waals surface area contributed by atoms with Crippen LogP contribution in [0.5, 0.6) is 0 Å². The highest BCUT2D eigenvalue weighted by Crippen LogP contribution is 2.36. The van der Waals surface area contributed by atoms with Crippen LogP contribution in [0.2, 0.25) is 0 Å². The zero-order valence-corrected chi connectivity index (χ0v) is 9.23. The molecule has 0 fully saturated rings. The predicted molar refractivity (Wildman–Crippen MR) is 51.8 cm³/mol. The van der Waals surface area contributed by atoms with Crippen molar-refractivity contribution in [2.24, 2.45) is 0 Å². The molecule has 1 nitrogen and oxygen atoms in total. The quantitative estimate of drug-likeness (QED) is 0.815. The zero-order valence-electron chi connectivity index (χ0n) is 9.23. The molecule has 0 saturated carbocycles. The predicted octanol–water partition coefficient (Wildman–Crippen LogP) is 3.65. The molecule has 0 amide bonds. The van der Waals surface area contributed by atoms with Gasteiger partial charge >= 0.3 is 12.4 Å². The van der Waals surface area contributed by atoms with Crippen molar-refractivity contribution in [2.75, 3.05) is 0 Å². The molecule has 0 aliphatic rings. The summed E-state index contributed by atoms with van der Waals surface area (Å²) in [7, 11) is 0. The lowest BCUT2D eigenvalue weighted by Gasteiger charge is -2.14. The molecule has 0 aliphatic heterocycles. The third-order valence-electron chi connectivity index (χ3n) is 2.18. The summed E-state index contributed by atoms with van der Waals surface area (Å²) in [5.41, 5.74) is -2.94. The molecule has 0 heterocycles. The number of hydrogen-bond acceptors (Lipinski definition) is 1. The van der Waals surface area contributed by atoms with Crippen LogP contribution in [-0.2, 0) is 18.8 Å². The van der Waals surface area contributed by atoms with E-state index >= 15 is 0 Å². The number of benzene rings is 1. The number of rotatable bonds is 2. The smallest absolute Gasteiger partial charge is 0.393 e. The molecule has 0 radical (unpaired) electrons. The molecule has 0 spiro atoms. The summed E-state index contributed by atoms with van der Waals surface area (Å²) < 4.78 is 74.7. The van der Waals surface area contributed by atoms with E-state index in [0.29, 0.717) is 12.1 Å². The van der Waals surface area contributed by atoms with E-state index in [0.717, 1.165) is 0 Å². The lowest BCUT2D eigenvalue weighted by Crippen LogP contribution is -2.13. The topological polar surface area (TPSA) is 20.2 Å². The van der Waals surface area contributed by atoms with Crippen LogP contribution in [-0.4, -0.2) is 11.2 Å². The van der Waals surface area contributed by atoms with Gasteiger partial charge in [-0.3, -0.25) is 0 Å². The SMILES string of the molecule is C[C@H](O)Cc1cc(C(F)(F)F)cc(C(F)(F)F)c1. The first-order valence-electron chi connectivity index (χ1n) is 4.96. The fourth-order valence-electron chi connectivity index (χ4n) is 1.48. The molecule has 1 rings (SSSR count). The van der Waals surface area contributed by atoms with Gasteiger partial charge in [-0.2, -0.15) is 26.3 Å². The Kier molecular flexibility index (Phi) is 3.95. The van der Waals surface area contributed by atoms with Crippen molar-refractivity contribution >= 4 is 0 Å². The van der Waals surface area contributed by atoms with Crippen LogP contribution in [0.1, 0.15) is 23.6 Å². The van der Waals surface area contributed by atoms with Gasteiger partial charge in [0.15, 0.2) is 0 Å². The van der Waals surface area contributed by atoms with Gasteiger partial charge in [0.2, 0.25) is 0 Å². The Balaban J connectivity index is 3.29. The van der Waals surface area contributed by atoms with E-state index in [1.54, 1.807) is 0 Å². The van der Waals surface area contributed by atoms with Crippen LogP contribution >= 0.6 is 0 Å². The maximum atomic E-state index is 12.4. The fourth-order valence-corrected chi connectivity index (χ4v) is 1.48. The summed E-state index contributed by atoms with van der Waals surface area (Å²) in [6, 6.07) is 1.29. The minimum absolute atomic E-state index is 0.0611. The molecule has 1 atom stereocenters. The van der Waals surface area contributed by atoms with E-state index in [1.807, 2.05) is 0 Å². The Morgan fingerprint density at radius 2 is 1.33 bits per heavy atom. The summed E-state index contributed by atoms with van der Waals surface area (Å²) in [4.78, 5) is 0. The van der Waals surface area contributed by atoms with E-state index in [1.165, 1.54) is 6.92 Å². The molecule has 1 aromatic rings. The maximum absolute atomic E-state index is 12.4. The Labute approximate surface area is 99.0 Å². The lowest BCUT2D eigenvalue weighted by molar-refractivity contribution is -0.143. The second-order valence-electron chi connectivity index (χ2n) is 3.97. The number of aliphatic hydroxyl groups is 1. The van der Waals surface area contributed by atoms with Crippen molar-refractivity contribution in [3.8, 4) is 0 Å². The minimum Gasteiger partial charge on any atom is -0.393 e. The van der Waals surface area contributed by atoms with Gasteiger partial charge in [0, 0.05) is 0 Å². The van der Waals surface area contributed by atoms with Gasteiger partial charge in [-0.05, 0) is 37.1 Å². The Bertz CT molecular complexity index is 386. The van der Waals surface area contributed by atoms with Gasteiger partial charge < -0.3 is 5.11 Å². The second kappa shape index (κ2) is 4.79. The van der Waals surface area contributed by atoms with Crippen molar-refractivity contribution in [3.63, 3.8) is 0 Å². The highest BCUT2D eigenvalue weighted by Gasteiger charge is 2.36. The Morgan fingerprint density at radius 1 is 0.944 bits per heavy atom. The Morgan fingerprint density at radius 3 is 1.61 bits per heavy atom. The summed E-state index contributed by atoms with van der Waals surface area (Å²) in [6.07, 6.45) is -11.0. The van der Waals surface area contributed by atoms with Crippen molar-refractivity contribution in [1.82, 2.24) is 0 Å². The molecule has 0 saturated heterocycles. The largest absolute Gasteiger partial charge is 0.416 e. The summed E-state index contributed by atoms with van der Waals surface area (Å²) in [5, 5.41) is 9.03. The molecule has 7 heteroatoms. The molecule has 102 valence electrons. The highest BCUT2D eigenvalue weighted by atomic mass is 19.4. The highest BCUT2D eigenvalue weighted by molar-refractivity contribution is 5.33. The van der Waals surface area contributed by atoms with Gasteiger partial charge in [0.1, 0.15) is 0 Å². The molecule has 1 N–H and O–H groups in total. The summed E-state index contributed by atoms with van der Waals surface area (Å²) in [6.45, 7) is 1.29. The first kappa shape index (κ1) is 14.8. The van der Waals surface area contributed by atoms with Crippen molar-refractivity contribution in [2.45, 2.75) is 31.8 Å². The number of alkyl halides is 6. The van der Waals surface area contributed by atoms with Crippen LogP contribution in [0.4, 0.5) is 26.3 Å². The first-order valence-corrected chi connectivity index (χ1v) is 4.96.